The van der Waals surface area contributed by atoms with E-state index in [0.29, 0.717) is 55.8 Å². The first-order chi connectivity index (χ1) is 42.0. The summed E-state index contributed by atoms with van der Waals surface area (Å²) in [7, 11) is 0. The molecule has 0 saturated carbocycles. The molecule has 86 heavy (non-hydrogen) atoms. The zero-order chi connectivity index (χ0) is 58.3. The van der Waals surface area contributed by atoms with Crippen molar-refractivity contribution in [2.24, 2.45) is 5.73 Å². The van der Waals surface area contributed by atoms with Crippen molar-refractivity contribution < 1.29 is 14.4 Å². The van der Waals surface area contributed by atoms with Gasteiger partial charge in [0.1, 0.15) is 11.6 Å². The second-order valence-electron chi connectivity index (χ2n) is 28.1. The number of piperidine rings is 4. The molecule has 3 N–H and O–H groups in total. The van der Waals surface area contributed by atoms with Gasteiger partial charge in [0.05, 0.1) is 52.5 Å². The highest BCUT2D eigenvalue weighted by Crippen LogP contribution is 2.50. The highest BCUT2D eigenvalue weighted by molar-refractivity contribution is 5.85. The Kier molecular flexibility index (Phi) is 15.2. The van der Waals surface area contributed by atoms with E-state index >= 15 is 9.59 Å². The fourth-order valence-corrected chi connectivity index (χ4v) is 19.8. The van der Waals surface area contributed by atoms with E-state index < -0.39 is 6.04 Å². The SMILES string of the molecule is Cc1nc2ccccc2n1C1C[C@H]2CC[C@@H](C1)N2CCC1(c2ccccc2)CCN(C(=O)[C@H]2CCCN2)C(N2CCC[C@@H]2C(=O)N2CCC(CCN3[C@@H]4CC[C@H]3CC(n3c(C)nc5ccccc53)C4)(c3ccccc3)CC2N2CCC[C@H]2C(N)=O)C1. The van der Waals surface area contributed by atoms with Gasteiger partial charge in [-0.2, -0.15) is 0 Å². The number of aryl methyl sites for hydroxylation is 2. The van der Waals surface area contributed by atoms with Gasteiger partial charge in [0.15, 0.2) is 0 Å². The summed E-state index contributed by atoms with van der Waals surface area (Å²) in [5.41, 5.74) is 13.4. The number of hydrogen-bond donors (Lipinski definition) is 2. The van der Waals surface area contributed by atoms with Gasteiger partial charge in [-0.05, 0) is 197 Å². The molecule has 15 heteroatoms. The van der Waals surface area contributed by atoms with Crippen LogP contribution in [0.2, 0.25) is 0 Å². The third kappa shape index (κ3) is 10.0. The summed E-state index contributed by atoms with van der Waals surface area (Å²) < 4.78 is 5.08. The predicted molar refractivity (Wildman–Crippen MR) is 337 cm³/mol. The second kappa shape index (κ2) is 23.2. The Bertz CT molecular complexity index is 3410. The molecule has 13 atom stereocenters. The standard InChI is InChI=1S/C71H92N12O3/c1-48-74-58-20-9-11-23-61(58)82(48)56-42-52-27-28-53(43-56)76(52)38-31-70(50-16-5-3-6-17-50)33-40-80(68(85)60-22-13-35-73-60)66(47-70)79-37-15-26-64(79)69(86)81-41-34-71(51-18-7-4-8-19-51,46-65(81)78-36-14-25-63(78)67(72)84)32-39-77-54-29-30-55(77)45-57(44-54)83-49(2)75-59-21-10-12-24-62(59)83/h3-12,16-21,23-24,52-57,60,63-66,73H,13-15,22,25-47H2,1-2H3,(H2,72,84)/t52-,53+,54-,55+,56?,57?,60-,63+,64-,65?,66?,70?,71?/m1/s1. The molecule has 6 aromatic rings. The number of benzene rings is 4. The van der Waals surface area contributed by atoms with Crippen LogP contribution in [0.25, 0.3) is 22.1 Å². The molecule has 9 fully saturated rings. The van der Waals surface area contributed by atoms with Crippen LogP contribution >= 0.6 is 0 Å². The minimum Gasteiger partial charge on any atom is -0.368 e. The van der Waals surface area contributed by atoms with Crippen molar-refractivity contribution in [1.82, 2.24) is 53.8 Å². The monoisotopic (exact) mass is 1160 g/mol. The topological polar surface area (TPSA) is 144 Å². The Morgan fingerprint density at radius 3 is 1.42 bits per heavy atom. The molecule has 454 valence electrons. The number of hydrogen-bond acceptors (Lipinski definition) is 10. The van der Waals surface area contributed by atoms with Crippen LogP contribution in [0.4, 0.5) is 0 Å². The number of imidazole rings is 2. The fraction of sp³-hybridized carbons (Fsp3) is 0.592. The smallest absolute Gasteiger partial charge is 0.241 e. The second-order valence-corrected chi connectivity index (χ2v) is 28.1. The van der Waals surface area contributed by atoms with Crippen molar-refractivity contribution in [3.05, 3.63) is 132 Å². The van der Waals surface area contributed by atoms with Crippen molar-refractivity contribution >= 4 is 39.8 Å². The van der Waals surface area contributed by atoms with Crippen molar-refractivity contribution in [3.63, 3.8) is 0 Å². The average Bonchev–Trinajstić information content (AvgIpc) is 3.51. The summed E-state index contributed by atoms with van der Waals surface area (Å²) in [5, 5.41) is 3.59. The normalized spacial score (nSPS) is 33.6. The first-order valence-corrected chi connectivity index (χ1v) is 33.7. The maximum absolute atomic E-state index is 16.4. The lowest BCUT2D eigenvalue weighted by atomic mass is 9.68. The minimum absolute atomic E-state index is 0.161. The number of fused-ring (bicyclic) bond motifs is 6. The first-order valence-electron chi connectivity index (χ1n) is 33.7. The van der Waals surface area contributed by atoms with Crippen molar-refractivity contribution in [2.45, 2.75) is 220 Å². The number of rotatable bonds is 15. The Balaban J connectivity index is 0.712. The van der Waals surface area contributed by atoms with Gasteiger partial charge in [-0.25, -0.2) is 9.97 Å². The summed E-state index contributed by atoms with van der Waals surface area (Å²) in [6, 6.07) is 41.7. The van der Waals surface area contributed by atoms with Gasteiger partial charge < -0.3 is 30.0 Å². The van der Waals surface area contributed by atoms with Gasteiger partial charge in [0.2, 0.25) is 17.7 Å². The number of amides is 3. The summed E-state index contributed by atoms with van der Waals surface area (Å²) >= 11 is 0. The van der Waals surface area contributed by atoms with Crippen molar-refractivity contribution in [1.29, 1.82) is 0 Å². The molecule has 15 nitrogen and oxygen atoms in total. The van der Waals surface area contributed by atoms with Gasteiger partial charge in [0, 0.05) is 73.3 Å². The lowest BCUT2D eigenvalue weighted by Gasteiger charge is -2.54. The molecule has 9 aliphatic rings. The lowest BCUT2D eigenvalue weighted by molar-refractivity contribution is -0.157. The Morgan fingerprint density at radius 2 is 0.953 bits per heavy atom. The lowest BCUT2D eigenvalue weighted by Crippen LogP contribution is -2.66. The van der Waals surface area contributed by atoms with Crippen LogP contribution in [0.1, 0.15) is 163 Å². The van der Waals surface area contributed by atoms with Crippen LogP contribution in [-0.4, -0.2) is 167 Å². The van der Waals surface area contributed by atoms with Crippen LogP contribution in [0, 0.1) is 13.8 Å². The van der Waals surface area contributed by atoms with E-state index in [1.807, 2.05) is 0 Å². The van der Waals surface area contributed by atoms with Crippen LogP contribution in [0.5, 0.6) is 0 Å². The number of para-hydroxylation sites is 4. The largest absolute Gasteiger partial charge is 0.368 e. The number of nitrogens with two attached hydrogens (primary N) is 1. The molecule has 11 heterocycles. The predicted octanol–water partition coefficient (Wildman–Crippen LogP) is 9.76. The first kappa shape index (κ1) is 56.5. The Hall–Kier alpha value is -5.97. The minimum atomic E-state index is -0.424. The fourth-order valence-electron chi connectivity index (χ4n) is 19.8. The molecule has 4 aromatic carbocycles. The zero-order valence-electron chi connectivity index (χ0n) is 51.1. The highest BCUT2D eigenvalue weighted by Gasteiger charge is 2.54. The third-order valence-corrected chi connectivity index (χ3v) is 23.9. The Morgan fingerprint density at radius 1 is 0.512 bits per heavy atom. The Labute approximate surface area is 509 Å². The number of carbonyl (C=O) groups is 3. The van der Waals surface area contributed by atoms with E-state index in [-0.39, 0.29) is 53.0 Å². The van der Waals surface area contributed by atoms with E-state index in [2.05, 4.69) is 167 Å². The highest BCUT2D eigenvalue weighted by atomic mass is 16.2. The summed E-state index contributed by atoms with van der Waals surface area (Å²) in [5.74, 6) is 2.30. The molecule has 9 aliphatic heterocycles. The molecule has 15 rings (SSSR count). The van der Waals surface area contributed by atoms with Crippen LogP contribution < -0.4 is 11.1 Å². The van der Waals surface area contributed by atoms with E-state index in [4.69, 9.17) is 15.7 Å². The molecule has 3 amide bonds. The van der Waals surface area contributed by atoms with Gasteiger partial charge in [0.25, 0.3) is 0 Å². The van der Waals surface area contributed by atoms with Gasteiger partial charge in [-0.15, -0.1) is 0 Å². The number of aromatic nitrogens is 4. The molecular weight excluding hydrogens is 1070 g/mol. The number of likely N-dealkylation sites (tertiary alicyclic amines) is 4. The van der Waals surface area contributed by atoms with E-state index in [0.717, 1.165) is 152 Å². The molecule has 0 aliphatic carbocycles. The molecule has 6 unspecified atom stereocenters. The van der Waals surface area contributed by atoms with Gasteiger partial charge in [-0.3, -0.25) is 34.0 Å². The van der Waals surface area contributed by atoms with Crippen molar-refractivity contribution in [2.75, 3.05) is 45.8 Å². The molecular formula is C71H92N12O3. The van der Waals surface area contributed by atoms with Crippen molar-refractivity contribution in [3.8, 4) is 0 Å². The van der Waals surface area contributed by atoms with Gasteiger partial charge >= 0.3 is 0 Å². The summed E-state index contributed by atoms with van der Waals surface area (Å²) in [6.07, 6.45) is 19.3. The average molecular weight is 1160 g/mol. The quantitative estimate of drug-likeness (QED) is 0.102. The maximum atomic E-state index is 16.4. The van der Waals surface area contributed by atoms with E-state index in [1.54, 1.807) is 0 Å². The molecule has 4 bridgehead atoms. The number of carbonyl (C=O) groups excluding carboxylic acids is 3. The van der Waals surface area contributed by atoms with Crippen LogP contribution in [0.3, 0.4) is 0 Å². The summed E-state index contributed by atoms with van der Waals surface area (Å²) in [6.45, 7) is 10.0. The van der Waals surface area contributed by atoms with Gasteiger partial charge in [-0.1, -0.05) is 84.9 Å². The van der Waals surface area contributed by atoms with E-state index in [1.165, 1.54) is 47.8 Å². The molecule has 2 aromatic heterocycles. The zero-order valence-corrected chi connectivity index (χ0v) is 51.1. The van der Waals surface area contributed by atoms with Crippen LogP contribution in [-0.2, 0) is 25.2 Å². The van der Waals surface area contributed by atoms with E-state index in [9.17, 15) is 4.79 Å². The number of primary amides is 1. The molecule has 9 saturated heterocycles. The van der Waals surface area contributed by atoms with Crippen LogP contribution in [0.15, 0.2) is 109 Å². The number of nitrogens with one attached hydrogen (secondary N) is 1. The third-order valence-electron chi connectivity index (χ3n) is 23.9. The maximum Gasteiger partial charge on any atom is 0.241 e. The summed E-state index contributed by atoms with van der Waals surface area (Å²) in [4.78, 5) is 70.2. The molecule has 0 radical (unpaired) electrons. The molecule has 0 spiro atoms. The number of nitrogens with zero attached hydrogens (tertiary/aromatic N) is 10.